The minimum Gasteiger partial charge on any atom is -0.493 e. The number of amides is 1. The second kappa shape index (κ2) is 8.98. The van der Waals surface area contributed by atoms with E-state index in [1.165, 1.54) is 18.4 Å². The zero-order valence-electron chi connectivity index (χ0n) is 15.9. The number of carbonyl (C=O) groups is 1. The van der Waals surface area contributed by atoms with Gasteiger partial charge in [-0.05, 0) is 36.4 Å². The van der Waals surface area contributed by atoms with Crippen LogP contribution >= 0.6 is 22.9 Å². The molecule has 2 aromatic heterocycles. The van der Waals surface area contributed by atoms with Gasteiger partial charge in [-0.25, -0.2) is 9.97 Å². The Morgan fingerprint density at radius 3 is 2.83 bits per heavy atom. The van der Waals surface area contributed by atoms with Crippen LogP contribution in [0.4, 0.5) is 5.69 Å². The number of benzene rings is 2. The van der Waals surface area contributed by atoms with Gasteiger partial charge in [-0.3, -0.25) is 4.79 Å². The SMILES string of the molecule is COc1cc(C(=O)Nc2ccc(-n3ccnc3)c(Cl)c2)ccc1OCc1cscn1. The first-order valence-corrected chi connectivity index (χ1v) is 10.2. The number of anilines is 1. The van der Waals surface area contributed by atoms with Gasteiger partial charge in [-0.15, -0.1) is 11.3 Å². The lowest BCUT2D eigenvalue weighted by Crippen LogP contribution is -2.12. The lowest BCUT2D eigenvalue weighted by Gasteiger charge is -2.12. The fourth-order valence-corrected chi connectivity index (χ4v) is 3.61. The molecule has 0 saturated heterocycles. The third-order valence-corrected chi connectivity index (χ3v) is 5.21. The van der Waals surface area contributed by atoms with Crippen molar-refractivity contribution in [3.63, 3.8) is 0 Å². The first kappa shape index (κ1) is 19.9. The van der Waals surface area contributed by atoms with Crippen LogP contribution in [-0.4, -0.2) is 27.6 Å². The molecule has 30 heavy (non-hydrogen) atoms. The molecule has 0 spiro atoms. The van der Waals surface area contributed by atoms with Crippen molar-refractivity contribution in [2.45, 2.75) is 6.61 Å². The van der Waals surface area contributed by atoms with E-state index in [-0.39, 0.29) is 5.91 Å². The fraction of sp³-hybridized carbons (Fsp3) is 0.0952. The number of nitrogens with one attached hydrogen (secondary N) is 1. The normalized spacial score (nSPS) is 10.6. The van der Waals surface area contributed by atoms with Crippen LogP contribution in [0, 0.1) is 0 Å². The Balaban J connectivity index is 1.47. The number of nitrogens with zero attached hydrogens (tertiary/aromatic N) is 3. The van der Waals surface area contributed by atoms with Gasteiger partial charge in [-0.1, -0.05) is 11.6 Å². The maximum atomic E-state index is 12.7. The molecular weight excluding hydrogens is 424 g/mol. The first-order chi connectivity index (χ1) is 14.6. The Bertz CT molecular complexity index is 1150. The molecule has 0 atom stereocenters. The number of rotatable bonds is 7. The van der Waals surface area contributed by atoms with E-state index in [1.54, 1.807) is 59.1 Å². The number of hydrogen-bond donors (Lipinski definition) is 1. The predicted molar refractivity (Wildman–Crippen MR) is 116 cm³/mol. The first-order valence-electron chi connectivity index (χ1n) is 8.91. The van der Waals surface area contributed by atoms with Gasteiger partial charge in [0, 0.05) is 29.0 Å². The number of imidazole rings is 1. The predicted octanol–water partition coefficient (Wildman–Crippen LogP) is 4.82. The summed E-state index contributed by atoms with van der Waals surface area (Å²) >= 11 is 7.86. The molecule has 2 aromatic carbocycles. The molecule has 9 heteroatoms. The van der Waals surface area contributed by atoms with Crippen LogP contribution in [0.1, 0.15) is 16.1 Å². The molecule has 0 unspecified atom stereocenters. The summed E-state index contributed by atoms with van der Waals surface area (Å²) < 4.78 is 12.9. The molecule has 0 radical (unpaired) electrons. The summed E-state index contributed by atoms with van der Waals surface area (Å²) in [5, 5.41) is 5.25. The second-order valence-corrected chi connectivity index (χ2v) is 7.35. The van der Waals surface area contributed by atoms with E-state index >= 15 is 0 Å². The van der Waals surface area contributed by atoms with E-state index in [0.29, 0.717) is 34.4 Å². The summed E-state index contributed by atoms with van der Waals surface area (Å²) in [6.45, 7) is 0.327. The molecule has 1 N–H and O–H groups in total. The number of hydrogen-bond acceptors (Lipinski definition) is 6. The minimum atomic E-state index is -0.286. The van der Waals surface area contributed by atoms with Gasteiger partial charge >= 0.3 is 0 Å². The van der Waals surface area contributed by atoms with Gasteiger partial charge in [0.2, 0.25) is 0 Å². The van der Waals surface area contributed by atoms with Crippen molar-refractivity contribution in [3.05, 3.63) is 82.3 Å². The highest BCUT2D eigenvalue weighted by atomic mass is 35.5. The molecule has 4 rings (SSSR count). The Morgan fingerprint density at radius 2 is 2.13 bits per heavy atom. The Hall–Kier alpha value is -3.36. The van der Waals surface area contributed by atoms with Crippen LogP contribution in [0.3, 0.4) is 0 Å². The second-order valence-electron chi connectivity index (χ2n) is 6.22. The number of halogens is 1. The van der Waals surface area contributed by atoms with Crippen LogP contribution < -0.4 is 14.8 Å². The zero-order valence-corrected chi connectivity index (χ0v) is 17.5. The van der Waals surface area contributed by atoms with E-state index in [0.717, 1.165) is 11.4 Å². The van der Waals surface area contributed by atoms with E-state index in [2.05, 4.69) is 15.3 Å². The molecule has 0 aliphatic heterocycles. The van der Waals surface area contributed by atoms with Crippen molar-refractivity contribution in [1.82, 2.24) is 14.5 Å². The summed E-state index contributed by atoms with van der Waals surface area (Å²) in [5.74, 6) is 0.715. The highest BCUT2D eigenvalue weighted by molar-refractivity contribution is 7.07. The number of thiazole rings is 1. The van der Waals surface area contributed by atoms with Gasteiger partial charge < -0.3 is 19.4 Å². The number of carbonyl (C=O) groups excluding carboxylic acids is 1. The Morgan fingerprint density at radius 1 is 1.23 bits per heavy atom. The lowest BCUT2D eigenvalue weighted by molar-refractivity contribution is 0.102. The van der Waals surface area contributed by atoms with Crippen LogP contribution in [0.2, 0.25) is 5.02 Å². The minimum absolute atomic E-state index is 0.286. The van der Waals surface area contributed by atoms with Crippen molar-refractivity contribution in [2.24, 2.45) is 0 Å². The quantitative estimate of drug-likeness (QED) is 0.445. The van der Waals surface area contributed by atoms with Gasteiger partial charge in [0.1, 0.15) is 6.61 Å². The molecular formula is C21H17ClN4O3S. The topological polar surface area (TPSA) is 78.3 Å². The van der Waals surface area contributed by atoms with Gasteiger partial charge in [0.25, 0.3) is 5.91 Å². The molecule has 0 bridgehead atoms. The smallest absolute Gasteiger partial charge is 0.255 e. The van der Waals surface area contributed by atoms with Gasteiger partial charge in [0.15, 0.2) is 11.5 Å². The molecule has 1 amide bonds. The van der Waals surface area contributed by atoms with Crippen LogP contribution in [-0.2, 0) is 6.61 Å². The Kier molecular flexibility index (Phi) is 5.97. The maximum absolute atomic E-state index is 12.7. The van der Waals surface area contributed by atoms with Gasteiger partial charge in [-0.2, -0.15) is 0 Å². The average Bonchev–Trinajstić information content (AvgIpc) is 3.46. The molecule has 0 aliphatic carbocycles. The molecule has 7 nitrogen and oxygen atoms in total. The van der Waals surface area contributed by atoms with E-state index < -0.39 is 0 Å². The average molecular weight is 441 g/mol. The summed E-state index contributed by atoms with van der Waals surface area (Å²) in [6, 6.07) is 10.3. The van der Waals surface area contributed by atoms with Crippen LogP contribution in [0.5, 0.6) is 11.5 Å². The molecule has 152 valence electrons. The largest absolute Gasteiger partial charge is 0.493 e. The number of ether oxygens (including phenoxy) is 2. The van der Waals surface area contributed by atoms with Crippen molar-refractivity contribution in [3.8, 4) is 17.2 Å². The third-order valence-electron chi connectivity index (χ3n) is 4.27. The lowest BCUT2D eigenvalue weighted by atomic mass is 10.1. The van der Waals surface area contributed by atoms with E-state index in [1.807, 2.05) is 11.4 Å². The van der Waals surface area contributed by atoms with Crippen molar-refractivity contribution >= 4 is 34.5 Å². The summed E-state index contributed by atoms with van der Waals surface area (Å²) in [5.41, 5.74) is 4.37. The highest BCUT2D eigenvalue weighted by Crippen LogP contribution is 2.30. The summed E-state index contributed by atoms with van der Waals surface area (Å²) in [4.78, 5) is 20.9. The summed E-state index contributed by atoms with van der Waals surface area (Å²) in [7, 11) is 1.53. The van der Waals surface area contributed by atoms with Crippen LogP contribution in [0.15, 0.2) is 66.0 Å². The third kappa shape index (κ3) is 4.45. The molecule has 4 aromatic rings. The van der Waals surface area contributed by atoms with Crippen molar-refractivity contribution < 1.29 is 14.3 Å². The number of aromatic nitrogens is 3. The highest BCUT2D eigenvalue weighted by Gasteiger charge is 2.13. The van der Waals surface area contributed by atoms with E-state index in [9.17, 15) is 4.79 Å². The van der Waals surface area contributed by atoms with Crippen molar-refractivity contribution in [1.29, 1.82) is 0 Å². The molecule has 0 saturated carbocycles. The van der Waals surface area contributed by atoms with Gasteiger partial charge in [0.05, 0.1) is 35.4 Å². The standard InChI is InChI=1S/C21H17ClN4O3S/c1-28-20-8-14(2-5-19(20)29-10-16-11-30-13-24-16)21(27)25-15-3-4-18(17(22)9-15)26-7-6-23-12-26/h2-9,11-13H,10H2,1H3,(H,25,27). The summed E-state index contributed by atoms with van der Waals surface area (Å²) in [6.07, 6.45) is 5.12. The number of methoxy groups -OCH3 is 1. The monoisotopic (exact) mass is 440 g/mol. The molecule has 0 fully saturated rings. The van der Waals surface area contributed by atoms with Crippen LogP contribution in [0.25, 0.3) is 5.69 Å². The Labute approximate surface area is 181 Å². The zero-order chi connectivity index (χ0) is 20.9. The maximum Gasteiger partial charge on any atom is 0.255 e. The fourth-order valence-electron chi connectivity index (χ4n) is 2.79. The van der Waals surface area contributed by atoms with Crippen molar-refractivity contribution in [2.75, 3.05) is 12.4 Å². The van der Waals surface area contributed by atoms with E-state index in [4.69, 9.17) is 21.1 Å². The molecule has 0 aliphatic rings. The molecule has 2 heterocycles.